The zero-order valence-corrected chi connectivity index (χ0v) is 23.6. The highest BCUT2D eigenvalue weighted by molar-refractivity contribution is 6.26. The molecule has 0 aliphatic carbocycles. The van der Waals surface area contributed by atoms with Crippen molar-refractivity contribution in [2.24, 2.45) is 0 Å². The zero-order chi connectivity index (χ0) is 28.5. The summed E-state index contributed by atoms with van der Waals surface area (Å²) < 4.78 is 22.8. The highest BCUT2D eigenvalue weighted by Gasteiger charge is 2.26. The predicted molar refractivity (Wildman–Crippen MR) is 158 cm³/mol. The van der Waals surface area contributed by atoms with Crippen LogP contribution in [0, 0.1) is 0 Å². The molecule has 6 nitrogen and oxygen atoms in total. The minimum absolute atomic E-state index is 0.260. The number of methoxy groups -OCH3 is 2. The van der Waals surface area contributed by atoms with E-state index in [4.69, 9.17) is 18.9 Å². The molecule has 0 saturated heterocycles. The van der Waals surface area contributed by atoms with Crippen molar-refractivity contribution in [1.82, 2.24) is 0 Å². The van der Waals surface area contributed by atoms with Gasteiger partial charge in [0.15, 0.2) is 11.6 Å². The maximum atomic E-state index is 14.0. The summed E-state index contributed by atoms with van der Waals surface area (Å²) in [6, 6.07) is 21.3. The molecule has 0 heterocycles. The van der Waals surface area contributed by atoms with Crippen LogP contribution in [0.4, 0.5) is 0 Å². The van der Waals surface area contributed by atoms with Crippen molar-refractivity contribution in [3.8, 4) is 23.0 Å². The van der Waals surface area contributed by atoms with Gasteiger partial charge in [0.1, 0.15) is 23.0 Å². The number of unbranched alkanes of at least 4 members (excludes halogenated alkanes) is 2. The number of carbonyl (C=O) groups excluding carboxylic acids is 2. The predicted octanol–water partition coefficient (Wildman–Crippen LogP) is 7.68. The fourth-order valence-corrected chi connectivity index (χ4v) is 4.53. The molecular weight excluding hydrogens is 504 g/mol. The number of hydrogen-bond acceptors (Lipinski definition) is 6. The molecule has 6 heteroatoms. The Morgan fingerprint density at radius 1 is 0.575 bits per heavy atom. The average molecular weight is 541 g/mol. The topological polar surface area (TPSA) is 71.1 Å². The van der Waals surface area contributed by atoms with Gasteiger partial charge >= 0.3 is 0 Å². The van der Waals surface area contributed by atoms with E-state index >= 15 is 0 Å². The molecule has 4 rings (SSSR count). The van der Waals surface area contributed by atoms with Gasteiger partial charge in [-0.25, -0.2) is 0 Å². The first-order chi connectivity index (χ1) is 19.5. The first kappa shape index (κ1) is 28.7. The number of rotatable bonds is 14. The summed E-state index contributed by atoms with van der Waals surface area (Å²) in [5.41, 5.74) is 1.54. The third kappa shape index (κ3) is 6.28. The van der Waals surface area contributed by atoms with Crippen LogP contribution in [0.25, 0.3) is 10.8 Å². The third-order valence-corrected chi connectivity index (χ3v) is 6.77. The maximum Gasteiger partial charge on any atom is 0.197 e. The van der Waals surface area contributed by atoms with Gasteiger partial charge in [-0.15, -0.1) is 0 Å². The van der Waals surface area contributed by atoms with E-state index in [1.165, 1.54) is 14.2 Å². The summed E-state index contributed by atoms with van der Waals surface area (Å²) in [7, 11) is 3.03. The van der Waals surface area contributed by atoms with Crippen LogP contribution in [-0.2, 0) is 0 Å². The fraction of sp³-hybridized carbons (Fsp3) is 0.294. The quantitative estimate of drug-likeness (QED) is 0.121. The molecule has 0 fully saturated rings. The van der Waals surface area contributed by atoms with Crippen molar-refractivity contribution < 1.29 is 28.5 Å². The molecule has 0 aromatic heterocycles. The number of carbonyl (C=O) groups is 2. The van der Waals surface area contributed by atoms with Gasteiger partial charge in [0.25, 0.3) is 0 Å². The van der Waals surface area contributed by atoms with Crippen LogP contribution in [0.5, 0.6) is 23.0 Å². The van der Waals surface area contributed by atoms with Crippen molar-refractivity contribution in [2.75, 3.05) is 27.4 Å². The molecule has 208 valence electrons. The van der Waals surface area contributed by atoms with Crippen LogP contribution in [0.1, 0.15) is 71.4 Å². The molecule has 0 bridgehead atoms. The highest BCUT2D eigenvalue weighted by Crippen LogP contribution is 2.38. The Morgan fingerprint density at radius 3 is 1.32 bits per heavy atom. The normalized spacial score (nSPS) is 10.8. The van der Waals surface area contributed by atoms with Crippen LogP contribution in [-0.4, -0.2) is 39.0 Å². The molecule has 0 atom stereocenters. The molecule has 0 radical (unpaired) electrons. The Morgan fingerprint density at radius 2 is 0.975 bits per heavy atom. The van der Waals surface area contributed by atoms with Gasteiger partial charge in [0.2, 0.25) is 0 Å². The lowest BCUT2D eigenvalue weighted by Crippen LogP contribution is -2.11. The lowest BCUT2D eigenvalue weighted by atomic mass is 9.89. The van der Waals surface area contributed by atoms with Crippen LogP contribution < -0.4 is 18.9 Å². The van der Waals surface area contributed by atoms with Crippen molar-refractivity contribution in [1.29, 1.82) is 0 Å². The Bertz CT molecular complexity index is 1350. The molecule has 4 aromatic rings. The van der Waals surface area contributed by atoms with Crippen LogP contribution in [0.3, 0.4) is 0 Å². The summed E-state index contributed by atoms with van der Waals surface area (Å²) in [4.78, 5) is 28.0. The summed E-state index contributed by atoms with van der Waals surface area (Å²) in [5.74, 6) is 1.64. The van der Waals surface area contributed by atoms with Gasteiger partial charge in [-0.2, -0.15) is 0 Å². The van der Waals surface area contributed by atoms with Gasteiger partial charge in [0, 0.05) is 16.5 Å². The van der Waals surface area contributed by atoms with E-state index in [2.05, 4.69) is 13.8 Å². The molecule has 40 heavy (non-hydrogen) atoms. The number of hydrogen-bond donors (Lipinski definition) is 0. The van der Waals surface area contributed by atoms with Crippen LogP contribution in [0.2, 0.25) is 0 Å². The molecular formula is C34H36O6. The van der Waals surface area contributed by atoms with Crippen molar-refractivity contribution >= 4 is 22.3 Å². The second-order valence-corrected chi connectivity index (χ2v) is 9.49. The molecule has 0 aliphatic heterocycles. The smallest absolute Gasteiger partial charge is 0.197 e. The number of ether oxygens (including phenoxy) is 4. The summed E-state index contributed by atoms with van der Waals surface area (Å²) in [6.07, 6.45) is 4.00. The van der Waals surface area contributed by atoms with E-state index in [0.29, 0.717) is 63.9 Å². The van der Waals surface area contributed by atoms with E-state index in [1.54, 1.807) is 60.7 Å². The number of fused-ring (bicyclic) bond motifs is 1. The second kappa shape index (κ2) is 13.7. The highest BCUT2D eigenvalue weighted by atomic mass is 16.5. The molecule has 0 amide bonds. The number of benzene rings is 4. The van der Waals surface area contributed by atoms with Gasteiger partial charge in [-0.1, -0.05) is 38.8 Å². The van der Waals surface area contributed by atoms with Gasteiger partial charge in [-0.05, 0) is 78.9 Å². The zero-order valence-electron chi connectivity index (χ0n) is 23.6. The summed E-state index contributed by atoms with van der Waals surface area (Å²) in [5, 5.41) is 1.22. The molecule has 0 unspecified atom stereocenters. The standard InChI is InChI=1S/C34H36O6/c1-5-7-21-39-26-15-9-24(10-16-26)33(35)31-28(37-3)19-13-23-14-20-29(38-4)32(30(23)31)34(36)25-11-17-27(18-12-25)40-22-8-6-2/h9-20H,5-8,21-22H2,1-4H3. The molecule has 0 N–H and O–H groups in total. The molecule has 0 aliphatic rings. The van der Waals surface area contributed by atoms with Gasteiger partial charge in [-0.3, -0.25) is 9.59 Å². The Hall–Kier alpha value is -4.32. The van der Waals surface area contributed by atoms with Crippen LogP contribution in [0.15, 0.2) is 72.8 Å². The maximum absolute atomic E-state index is 14.0. The van der Waals surface area contributed by atoms with Crippen molar-refractivity contribution in [2.45, 2.75) is 39.5 Å². The third-order valence-electron chi connectivity index (χ3n) is 6.77. The minimum Gasteiger partial charge on any atom is -0.496 e. The summed E-state index contributed by atoms with van der Waals surface area (Å²) in [6.45, 7) is 5.46. The van der Waals surface area contributed by atoms with E-state index in [0.717, 1.165) is 31.1 Å². The SMILES string of the molecule is CCCCOc1ccc(C(=O)c2c(OC)ccc3ccc(OC)c(C(=O)c4ccc(OCCCC)cc4)c23)cc1. The van der Waals surface area contributed by atoms with Crippen molar-refractivity contribution in [3.05, 3.63) is 95.1 Å². The van der Waals surface area contributed by atoms with E-state index in [-0.39, 0.29) is 11.6 Å². The Balaban J connectivity index is 1.79. The van der Waals surface area contributed by atoms with Gasteiger partial charge in [0.05, 0.1) is 38.6 Å². The Labute approximate surface area is 235 Å². The average Bonchev–Trinajstić information content (AvgIpc) is 3.00. The summed E-state index contributed by atoms with van der Waals surface area (Å²) >= 11 is 0. The second-order valence-electron chi connectivity index (χ2n) is 9.49. The van der Waals surface area contributed by atoms with Crippen molar-refractivity contribution in [3.63, 3.8) is 0 Å². The monoisotopic (exact) mass is 540 g/mol. The minimum atomic E-state index is -0.260. The molecule has 0 spiro atoms. The fourth-order valence-electron chi connectivity index (χ4n) is 4.53. The van der Waals surface area contributed by atoms with E-state index in [1.807, 2.05) is 12.1 Å². The number of ketones is 2. The lowest BCUT2D eigenvalue weighted by Gasteiger charge is -2.17. The molecule has 0 saturated carbocycles. The first-order valence-electron chi connectivity index (χ1n) is 13.7. The lowest BCUT2D eigenvalue weighted by molar-refractivity contribution is 0.103. The molecule has 4 aromatic carbocycles. The first-order valence-corrected chi connectivity index (χ1v) is 13.7. The van der Waals surface area contributed by atoms with Gasteiger partial charge < -0.3 is 18.9 Å². The Kier molecular flexibility index (Phi) is 9.79. The van der Waals surface area contributed by atoms with E-state index in [9.17, 15) is 9.59 Å². The largest absolute Gasteiger partial charge is 0.496 e. The van der Waals surface area contributed by atoms with E-state index < -0.39 is 0 Å². The van der Waals surface area contributed by atoms with Crippen LogP contribution >= 0.6 is 0 Å².